The fraction of sp³-hybridized carbons (Fsp3) is 0.240. The Morgan fingerprint density at radius 2 is 1.76 bits per heavy atom. The van der Waals surface area contributed by atoms with E-state index in [2.05, 4.69) is 10.4 Å². The second kappa shape index (κ2) is 8.93. The monoisotopic (exact) mass is 456 g/mol. The van der Waals surface area contributed by atoms with Crippen molar-refractivity contribution in [3.05, 3.63) is 65.2 Å². The Hall–Kier alpha value is -4.27. The number of anilines is 1. The largest absolute Gasteiger partial charge is 0.465 e. The number of carbonyl (C=O) groups is 2. The summed E-state index contributed by atoms with van der Waals surface area (Å²) in [6, 6.07) is 14.4. The Morgan fingerprint density at radius 3 is 2.44 bits per heavy atom. The molecule has 1 aliphatic carbocycles. The molecule has 1 fully saturated rings. The summed E-state index contributed by atoms with van der Waals surface area (Å²) >= 11 is 0. The Morgan fingerprint density at radius 1 is 1.09 bits per heavy atom. The number of hydrogen-bond acceptors (Lipinski definition) is 7. The SMILES string of the molecule is COC(=O)c1ccc(/C=N\n2c(N)c(C(=O)NC3CCCC3)c3nc4ccccc4nc32)cc1. The highest BCUT2D eigenvalue weighted by Crippen LogP contribution is 2.28. The lowest BCUT2D eigenvalue weighted by molar-refractivity contribution is 0.0600. The number of nitrogen functional groups attached to an aromatic ring is 1. The Balaban J connectivity index is 1.58. The van der Waals surface area contributed by atoms with Gasteiger partial charge in [0.25, 0.3) is 5.91 Å². The first-order valence-corrected chi connectivity index (χ1v) is 11.2. The van der Waals surface area contributed by atoms with E-state index < -0.39 is 5.97 Å². The van der Waals surface area contributed by atoms with Gasteiger partial charge in [0.2, 0.25) is 0 Å². The summed E-state index contributed by atoms with van der Waals surface area (Å²) in [6.07, 6.45) is 5.71. The van der Waals surface area contributed by atoms with E-state index in [1.807, 2.05) is 24.3 Å². The van der Waals surface area contributed by atoms with Gasteiger partial charge in [0.05, 0.1) is 29.9 Å². The number of benzene rings is 2. The molecule has 0 atom stereocenters. The average Bonchev–Trinajstić information content (AvgIpc) is 3.46. The van der Waals surface area contributed by atoms with E-state index in [1.54, 1.807) is 30.5 Å². The zero-order chi connectivity index (χ0) is 23.7. The highest BCUT2D eigenvalue weighted by atomic mass is 16.5. The number of aromatic nitrogens is 3. The number of nitrogens with two attached hydrogens (primary N) is 1. The minimum absolute atomic E-state index is 0.135. The van der Waals surface area contributed by atoms with Crippen LogP contribution < -0.4 is 11.1 Å². The van der Waals surface area contributed by atoms with Crippen LogP contribution in [0.4, 0.5) is 5.82 Å². The smallest absolute Gasteiger partial charge is 0.337 e. The minimum atomic E-state index is -0.413. The summed E-state index contributed by atoms with van der Waals surface area (Å²) in [5, 5.41) is 7.60. The van der Waals surface area contributed by atoms with E-state index >= 15 is 0 Å². The molecule has 0 bridgehead atoms. The van der Waals surface area contributed by atoms with Crippen LogP contribution in [0.5, 0.6) is 0 Å². The van der Waals surface area contributed by atoms with E-state index in [0.29, 0.717) is 27.8 Å². The van der Waals surface area contributed by atoms with Crippen molar-refractivity contribution in [1.29, 1.82) is 0 Å². The summed E-state index contributed by atoms with van der Waals surface area (Å²) in [6.45, 7) is 0. The van der Waals surface area contributed by atoms with E-state index in [9.17, 15) is 9.59 Å². The number of amides is 1. The lowest BCUT2D eigenvalue weighted by Crippen LogP contribution is -2.33. The van der Waals surface area contributed by atoms with Crippen molar-refractivity contribution < 1.29 is 14.3 Å². The van der Waals surface area contributed by atoms with Gasteiger partial charge in [-0.3, -0.25) is 4.79 Å². The Bertz CT molecular complexity index is 1420. The summed E-state index contributed by atoms with van der Waals surface area (Å²) < 4.78 is 6.17. The van der Waals surface area contributed by atoms with Gasteiger partial charge in [-0.15, -0.1) is 0 Å². The van der Waals surface area contributed by atoms with Crippen molar-refractivity contribution in [3.8, 4) is 0 Å². The first-order valence-electron chi connectivity index (χ1n) is 11.2. The van der Waals surface area contributed by atoms with Crippen LogP contribution in [0.25, 0.3) is 22.2 Å². The van der Waals surface area contributed by atoms with Gasteiger partial charge < -0.3 is 15.8 Å². The van der Waals surface area contributed by atoms with Crippen LogP contribution in [0, 0.1) is 0 Å². The zero-order valence-electron chi connectivity index (χ0n) is 18.7. The third kappa shape index (κ3) is 3.96. The van der Waals surface area contributed by atoms with Gasteiger partial charge in [0.15, 0.2) is 5.65 Å². The Labute approximate surface area is 195 Å². The molecule has 1 amide bonds. The van der Waals surface area contributed by atoms with Crippen molar-refractivity contribution in [2.24, 2.45) is 5.10 Å². The van der Waals surface area contributed by atoms with Crippen molar-refractivity contribution in [2.75, 3.05) is 12.8 Å². The van der Waals surface area contributed by atoms with Gasteiger partial charge in [0, 0.05) is 6.04 Å². The quantitative estimate of drug-likeness (QED) is 0.350. The molecule has 0 saturated heterocycles. The molecular weight excluding hydrogens is 432 g/mol. The number of carbonyl (C=O) groups excluding carboxylic acids is 2. The maximum atomic E-state index is 13.2. The van der Waals surface area contributed by atoms with E-state index in [1.165, 1.54) is 11.8 Å². The molecule has 2 aromatic heterocycles. The molecule has 34 heavy (non-hydrogen) atoms. The number of hydrogen-bond donors (Lipinski definition) is 2. The summed E-state index contributed by atoms with van der Waals surface area (Å²) in [7, 11) is 1.34. The molecule has 3 N–H and O–H groups in total. The normalized spacial score (nSPS) is 14.3. The number of ether oxygens (including phenoxy) is 1. The van der Waals surface area contributed by atoms with Crippen LogP contribution in [0.2, 0.25) is 0 Å². The second-order valence-electron chi connectivity index (χ2n) is 8.27. The van der Waals surface area contributed by atoms with Crippen LogP contribution in [-0.4, -0.2) is 45.9 Å². The van der Waals surface area contributed by atoms with Crippen LogP contribution in [-0.2, 0) is 4.74 Å². The van der Waals surface area contributed by atoms with E-state index in [-0.39, 0.29) is 23.3 Å². The molecule has 2 aromatic carbocycles. The third-order valence-electron chi connectivity index (χ3n) is 6.05. The minimum Gasteiger partial charge on any atom is -0.465 e. The van der Waals surface area contributed by atoms with Crippen LogP contribution in [0.3, 0.4) is 0 Å². The van der Waals surface area contributed by atoms with Crippen LogP contribution in [0.1, 0.15) is 52.0 Å². The molecular formula is C25H24N6O3. The summed E-state index contributed by atoms with van der Waals surface area (Å²) in [5.74, 6) is -0.511. The van der Waals surface area contributed by atoms with E-state index in [4.69, 9.17) is 20.4 Å². The van der Waals surface area contributed by atoms with Crippen molar-refractivity contribution in [3.63, 3.8) is 0 Å². The highest BCUT2D eigenvalue weighted by Gasteiger charge is 2.26. The predicted octanol–water partition coefficient (Wildman–Crippen LogP) is 3.51. The number of nitrogens with zero attached hydrogens (tertiary/aromatic N) is 4. The molecule has 172 valence electrons. The molecule has 0 unspecified atom stereocenters. The lowest BCUT2D eigenvalue weighted by atomic mass is 10.1. The van der Waals surface area contributed by atoms with Gasteiger partial charge in [-0.05, 0) is 42.7 Å². The number of esters is 1. The summed E-state index contributed by atoms with van der Waals surface area (Å²) in [5.41, 5.74) is 10.0. The van der Waals surface area contributed by atoms with Gasteiger partial charge in [-0.1, -0.05) is 37.1 Å². The molecule has 4 aromatic rings. The van der Waals surface area contributed by atoms with Crippen LogP contribution >= 0.6 is 0 Å². The fourth-order valence-electron chi connectivity index (χ4n) is 4.26. The topological polar surface area (TPSA) is 124 Å². The molecule has 5 rings (SSSR count). The fourth-order valence-corrected chi connectivity index (χ4v) is 4.26. The highest BCUT2D eigenvalue weighted by molar-refractivity contribution is 6.10. The predicted molar refractivity (Wildman–Crippen MR) is 130 cm³/mol. The van der Waals surface area contributed by atoms with Crippen molar-refractivity contribution in [1.82, 2.24) is 20.0 Å². The standard InChI is InChI=1S/C25H24N6O3/c1-34-25(33)16-12-10-15(11-13-16)14-27-31-22(26)20(24(32)28-17-6-2-3-7-17)21-23(31)30-19-9-5-4-8-18(19)29-21/h4-5,8-14,17H,2-3,6-7,26H2,1H3,(H,28,32)/b27-14-. The lowest BCUT2D eigenvalue weighted by Gasteiger charge is -2.11. The van der Waals surface area contributed by atoms with Gasteiger partial charge >= 0.3 is 5.97 Å². The number of fused-ring (bicyclic) bond motifs is 2. The molecule has 9 nitrogen and oxygen atoms in total. The molecule has 9 heteroatoms. The summed E-state index contributed by atoms with van der Waals surface area (Å²) in [4.78, 5) is 34.3. The number of nitrogens with one attached hydrogen (secondary N) is 1. The van der Waals surface area contributed by atoms with Crippen LogP contribution in [0.15, 0.2) is 53.6 Å². The molecule has 1 aliphatic rings. The molecule has 2 heterocycles. The second-order valence-corrected chi connectivity index (χ2v) is 8.27. The Kier molecular flexibility index (Phi) is 5.67. The zero-order valence-corrected chi connectivity index (χ0v) is 18.7. The molecule has 1 saturated carbocycles. The molecule has 0 spiro atoms. The number of methoxy groups -OCH3 is 1. The van der Waals surface area contributed by atoms with Gasteiger partial charge in [-0.25, -0.2) is 14.8 Å². The van der Waals surface area contributed by atoms with E-state index in [0.717, 1.165) is 31.2 Å². The van der Waals surface area contributed by atoms with Crippen molar-refractivity contribution >= 4 is 46.1 Å². The maximum Gasteiger partial charge on any atom is 0.337 e. The maximum absolute atomic E-state index is 13.2. The van der Waals surface area contributed by atoms with Gasteiger partial charge in [-0.2, -0.15) is 9.78 Å². The molecule has 0 aliphatic heterocycles. The van der Waals surface area contributed by atoms with Crippen molar-refractivity contribution in [2.45, 2.75) is 31.7 Å². The average molecular weight is 457 g/mol. The molecule has 0 radical (unpaired) electrons. The number of para-hydroxylation sites is 2. The van der Waals surface area contributed by atoms with Gasteiger partial charge in [0.1, 0.15) is 16.9 Å². The first-order chi connectivity index (χ1) is 16.5. The first kappa shape index (κ1) is 21.6. The number of rotatable bonds is 5. The third-order valence-corrected chi connectivity index (χ3v) is 6.05.